The molecule has 2 aromatic heterocycles. The maximum Gasteiger partial charge on any atom is 0.274 e. The van der Waals surface area contributed by atoms with Crippen LogP contribution < -0.4 is 0 Å². The van der Waals surface area contributed by atoms with Crippen molar-refractivity contribution in [1.29, 1.82) is 0 Å². The highest BCUT2D eigenvalue weighted by Gasteiger charge is 2.25. The molecule has 0 bridgehead atoms. The SMILES string of the molecule is CCn1nccc1CN(C)C(=O)c1nn(C)cc1CN1CCC(O)C1. The molecule has 25 heavy (non-hydrogen) atoms. The molecule has 1 atom stereocenters. The van der Waals surface area contributed by atoms with Crippen molar-refractivity contribution in [2.75, 3.05) is 20.1 Å². The molecule has 3 heterocycles. The lowest BCUT2D eigenvalue weighted by Gasteiger charge is -2.19. The summed E-state index contributed by atoms with van der Waals surface area (Å²) in [6, 6.07) is 1.93. The predicted molar refractivity (Wildman–Crippen MR) is 92.8 cm³/mol. The van der Waals surface area contributed by atoms with E-state index in [9.17, 15) is 9.90 Å². The molecule has 0 aliphatic carbocycles. The minimum atomic E-state index is -0.271. The first-order valence-electron chi connectivity index (χ1n) is 8.67. The molecule has 1 N–H and O–H groups in total. The van der Waals surface area contributed by atoms with E-state index in [4.69, 9.17) is 0 Å². The van der Waals surface area contributed by atoms with Crippen molar-refractivity contribution in [2.24, 2.45) is 7.05 Å². The monoisotopic (exact) mass is 346 g/mol. The highest BCUT2D eigenvalue weighted by molar-refractivity contribution is 5.93. The lowest BCUT2D eigenvalue weighted by atomic mass is 10.2. The molecule has 8 nitrogen and oxygen atoms in total. The van der Waals surface area contributed by atoms with Gasteiger partial charge in [-0.15, -0.1) is 0 Å². The van der Waals surface area contributed by atoms with E-state index in [1.807, 2.05) is 30.9 Å². The highest BCUT2D eigenvalue weighted by Crippen LogP contribution is 2.17. The second kappa shape index (κ2) is 7.37. The number of carbonyl (C=O) groups excluding carboxylic acids is 1. The molecule has 1 aliphatic rings. The maximum absolute atomic E-state index is 12.9. The third kappa shape index (κ3) is 3.91. The number of aryl methyl sites for hydroxylation is 2. The largest absolute Gasteiger partial charge is 0.392 e. The normalized spacial score (nSPS) is 18.0. The summed E-state index contributed by atoms with van der Waals surface area (Å²) >= 11 is 0. The van der Waals surface area contributed by atoms with Gasteiger partial charge in [0.05, 0.1) is 18.3 Å². The molecule has 1 aliphatic heterocycles. The third-order valence-corrected chi connectivity index (χ3v) is 4.60. The number of likely N-dealkylation sites (tertiary alicyclic amines) is 1. The van der Waals surface area contributed by atoms with Gasteiger partial charge in [0.15, 0.2) is 5.69 Å². The molecule has 1 unspecified atom stereocenters. The van der Waals surface area contributed by atoms with Crippen LogP contribution in [0, 0.1) is 0 Å². The van der Waals surface area contributed by atoms with Gasteiger partial charge >= 0.3 is 0 Å². The lowest BCUT2D eigenvalue weighted by molar-refractivity contribution is 0.0773. The number of rotatable bonds is 6. The Morgan fingerprint density at radius 3 is 2.96 bits per heavy atom. The Balaban J connectivity index is 1.73. The van der Waals surface area contributed by atoms with E-state index >= 15 is 0 Å². The minimum Gasteiger partial charge on any atom is -0.392 e. The van der Waals surface area contributed by atoms with Gasteiger partial charge in [0, 0.05) is 58.2 Å². The van der Waals surface area contributed by atoms with Crippen molar-refractivity contribution >= 4 is 5.91 Å². The van der Waals surface area contributed by atoms with Crippen LogP contribution in [0.2, 0.25) is 0 Å². The standard InChI is InChI=1S/C17H26N6O2/c1-4-23-14(5-7-18-23)11-20(2)17(25)16-13(9-21(3)19-16)10-22-8-6-15(24)12-22/h5,7,9,15,24H,4,6,8,10-12H2,1-3H3. The Morgan fingerprint density at radius 2 is 2.28 bits per heavy atom. The van der Waals surface area contributed by atoms with Crippen molar-refractivity contribution in [1.82, 2.24) is 29.4 Å². The molecule has 1 fully saturated rings. The van der Waals surface area contributed by atoms with Gasteiger partial charge in [0.1, 0.15) is 0 Å². The zero-order valence-corrected chi connectivity index (χ0v) is 15.1. The van der Waals surface area contributed by atoms with Gasteiger partial charge < -0.3 is 10.0 Å². The molecule has 0 saturated carbocycles. The molecule has 0 spiro atoms. The average molecular weight is 346 g/mol. The summed E-state index contributed by atoms with van der Waals surface area (Å²) in [5.74, 6) is -0.0980. The maximum atomic E-state index is 12.9. The number of aromatic nitrogens is 4. The van der Waals surface area contributed by atoms with E-state index in [1.165, 1.54) is 0 Å². The van der Waals surface area contributed by atoms with Gasteiger partial charge in [-0.25, -0.2) is 0 Å². The van der Waals surface area contributed by atoms with E-state index in [-0.39, 0.29) is 12.0 Å². The molecule has 136 valence electrons. The highest BCUT2D eigenvalue weighted by atomic mass is 16.3. The Morgan fingerprint density at radius 1 is 1.48 bits per heavy atom. The number of aliphatic hydroxyl groups is 1. The quantitative estimate of drug-likeness (QED) is 0.823. The summed E-state index contributed by atoms with van der Waals surface area (Å²) < 4.78 is 3.56. The van der Waals surface area contributed by atoms with E-state index in [0.29, 0.717) is 25.3 Å². The summed E-state index contributed by atoms with van der Waals surface area (Å²) in [6.07, 6.45) is 4.15. The fourth-order valence-electron chi connectivity index (χ4n) is 3.30. The molecular weight excluding hydrogens is 320 g/mol. The first kappa shape index (κ1) is 17.6. The smallest absolute Gasteiger partial charge is 0.274 e. The van der Waals surface area contributed by atoms with E-state index in [1.54, 1.807) is 22.8 Å². The Kier molecular flexibility index (Phi) is 5.19. The third-order valence-electron chi connectivity index (χ3n) is 4.60. The van der Waals surface area contributed by atoms with Crippen LogP contribution in [0.5, 0.6) is 0 Å². The first-order chi connectivity index (χ1) is 12.0. The first-order valence-corrected chi connectivity index (χ1v) is 8.67. The Hall–Kier alpha value is -2.19. The summed E-state index contributed by atoms with van der Waals surface area (Å²) in [6.45, 7) is 5.41. The zero-order valence-electron chi connectivity index (χ0n) is 15.1. The number of hydrogen-bond acceptors (Lipinski definition) is 5. The zero-order chi connectivity index (χ0) is 18.0. The van der Waals surface area contributed by atoms with Gasteiger partial charge in [0.2, 0.25) is 0 Å². The van der Waals surface area contributed by atoms with Crippen molar-refractivity contribution in [2.45, 2.75) is 39.1 Å². The topological polar surface area (TPSA) is 79.4 Å². The molecular formula is C17H26N6O2. The summed E-state index contributed by atoms with van der Waals surface area (Å²) in [7, 11) is 3.61. The number of hydrogen-bond donors (Lipinski definition) is 1. The van der Waals surface area contributed by atoms with Crippen LogP contribution in [-0.4, -0.2) is 66.6 Å². The number of carbonyl (C=O) groups is 1. The van der Waals surface area contributed by atoms with Crippen LogP contribution in [0.1, 0.15) is 35.1 Å². The van der Waals surface area contributed by atoms with Crippen molar-refractivity contribution in [3.63, 3.8) is 0 Å². The predicted octanol–water partition coefficient (Wildman–Crippen LogP) is 0.475. The summed E-state index contributed by atoms with van der Waals surface area (Å²) in [4.78, 5) is 16.7. The van der Waals surface area contributed by atoms with Crippen LogP contribution in [0.15, 0.2) is 18.5 Å². The van der Waals surface area contributed by atoms with E-state index in [0.717, 1.165) is 30.8 Å². The molecule has 0 aromatic carbocycles. The fourth-order valence-corrected chi connectivity index (χ4v) is 3.30. The molecule has 3 rings (SSSR count). The van der Waals surface area contributed by atoms with Gasteiger partial charge in [0.25, 0.3) is 5.91 Å². The van der Waals surface area contributed by atoms with E-state index < -0.39 is 0 Å². The van der Waals surface area contributed by atoms with Crippen LogP contribution in [0.3, 0.4) is 0 Å². The Bertz CT molecular complexity index is 737. The van der Waals surface area contributed by atoms with Crippen molar-refractivity contribution < 1.29 is 9.90 Å². The van der Waals surface area contributed by atoms with Crippen LogP contribution in [0.25, 0.3) is 0 Å². The Labute approximate surface area is 147 Å². The van der Waals surface area contributed by atoms with Gasteiger partial charge in [-0.3, -0.25) is 19.1 Å². The summed E-state index contributed by atoms with van der Waals surface area (Å²) in [5.41, 5.74) is 2.38. The molecule has 1 amide bonds. The van der Waals surface area contributed by atoms with Gasteiger partial charge in [-0.2, -0.15) is 10.2 Å². The number of amides is 1. The van der Waals surface area contributed by atoms with Crippen molar-refractivity contribution in [3.05, 3.63) is 35.4 Å². The second-order valence-electron chi connectivity index (χ2n) is 6.65. The average Bonchev–Trinajstić information content (AvgIpc) is 3.28. The number of aliphatic hydroxyl groups excluding tert-OH is 1. The number of β-amino-alcohol motifs (C(OH)–C–C–N with tert-alkyl or cyclic N) is 1. The van der Waals surface area contributed by atoms with Crippen molar-refractivity contribution in [3.8, 4) is 0 Å². The molecule has 8 heteroatoms. The van der Waals surface area contributed by atoms with Crippen LogP contribution >= 0.6 is 0 Å². The van der Waals surface area contributed by atoms with Gasteiger partial charge in [-0.05, 0) is 19.4 Å². The molecule has 2 aromatic rings. The number of nitrogens with zero attached hydrogens (tertiary/aromatic N) is 6. The van der Waals surface area contributed by atoms with E-state index in [2.05, 4.69) is 15.1 Å². The fraction of sp³-hybridized carbons (Fsp3) is 0.588. The summed E-state index contributed by atoms with van der Waals surface area (Å²) in [5, 5.41) is 18.3. The molecule has 0 radical (unpaired) electrons. The minimum absolute atomic E-state index is 0.0980. The van der Waals surface area contributed by atoms with Crippen LogP contribution in [-0.2, 0) is 26.7 Å². The second-order valence-corrected chi connectivity index (χ2v) is 6.65. The van der Waals surface area contributed by atoms with Crippen LogP contribution in [0.4, 0.5) is 0 Å². The molecule has 1 saturated heterocycles. The lowest BCUT2D eigenvalue weighted by Crippen LogP contribution is -2.29. The van der Waals surface area contributed by atoms with Gasteiger partial charge in [-0.1, -0.05) is 0 Å².